The highest BCUT2D eigenvalue weighted by molar-refractivity contribution is 7.71. The van der Waals surface area contributed by atoms with Crippen molar-refractivity contribution in [2.75, 3.05) is 18.0 Å². The molecule has 1 aliphatic heterocycles. The minimum absolute atomic E-state index is 0.165. The lowest BCUT2D eigenvalue weighted by Crippen LogP contribution is -2.29. The summed E-state index contributed by atoms with van der Waals surface area (Å²) in [6.07, 6.45) is 5.42. The van der Waals surface area contributed by atoms with Gasteiger partial charge in [0.15, 0.2) is 16.1 Å². The molecule has 0 amide bonds. The molecular formula is C15H21ClN6S2. The number of piperidine rings is 1. The van der Waals surface area contributed by atoms with Crippen molar-refractivity contribution < 1.29 is 0 Å². The Morgan fingerprint density at radius 1 is 1.29 bits per heavy atom. The van der Waals surface area contributed by atoms with Gasteiger partial charge in [0.2, 0.25) is 4.77 Å². The Balaban J connectivity index is 1.87. The minimum atomic E-state index is -0.165. The topological polar surface area (TPSA) is 62.1 Å². The molecule has 0 aromatic carbocycles. The lowest BCUT2D eigenvalue weighted by atomic mass is 9.96. The van der Waals surface area contributed by atoms with Crippen molar-refractivity contribution >= 4 is 46.5 Å². The fourth-order valence-corrected chi connectivity index (χ4v) is 3.95. The molecule has 1 N–H and O–H groups in total. The fraction of sp³-hybridized carbons (Fsp3) is 0.600. The lowest BCUT2D eigenvalue weighted by Gasteiger charge is -2.25. The standard InChI is InChI=1S/C15H21ClN6S2/c1-15(2,3)12-19-20-13(23)22(12)17-9-10-11(16)18-14(24-10)21-7-5-4-6-8-21/h9H,4-8H2,1-3H3,(H,20,23)/b17-9-. The van der Waals surface area contributed by atoms with Crippen molar-refractivity contribution in [1.29, 1.82) is 0 Å². The van der Waals surface area contributed by atoms with E-state index >= 15 is 0 Å². The molecule has 9 heteroatoms. The van der Waals surface area contributed by atoms with Crippen LogP contribution in [0.4, 0.5) is 5.13 Å². The van der Waals surface area contributed by atoms with Crippen molar-refractivity contribution in [3.8, 4) is 0 Å². The summed E-state index contributed by atoms with van der Waals surface area (Å²) in [6.45, 7) is 8.29. The number of thiazole rings is 1. The van der Waals surface area contributed by atoms with E-state index in [-0.39, 0.29) is 5.41 Å². The maximum atomic E-state index is 6.30. The van der Waals surface area contributed by atoms with E-state index in [1.54, 1.807) is 22.2 Å². The Kier molecular flexibility index (Phi) is 5.08. The van der Waals surface area contributed by atoms with Crippen LogP contribution in [-0.2, 0) is 5.41 Å². The fourth-order valence-electron chi connectivity index (χ4n) is 2.60. The van der Waals surface area contributed by atoms with Crippen LogP contribution in [0.15, 0.2) is 5.10 Å². The Morgan fingerprint density at radius 2 is 2.00 bits per heavy atom. The molecule has 1 aliphatic rings. The molecule has 6 nitrogen and oxygen atoms in total. The molecule has 1 saturated heterocycles. The number of anilines is 1. The molecule has 2 aromatic heterocycles. The third-order valence-corrected chi connectivity index (χ3v) is 5.55. The Morgan fingerprint density at radius 3 is 2.67 bits per heavy atom. The van der Waals surface area contributed by atoms with Crippen LogP contribution in [0.1, 0.15) is 50.7 Å². The summed E-state index contributed by atoms with van der Waals surface area (Å²) in [5.41, 5.74) is -0.165. The summed E-state index contributed by atoms with van der Waals surface area (Å²) in [5, 5.41) is 13.0. The number of nitrogens with one attached hydrogen (secondary N) is 1. The third-order valence-electron chi connectivity index (χ3n) is 3.84. The van der Waals surface area contributed by atoms with Gasteiger partial charge in [-0.3, -0.25) is 5.10 Å². The van der Waals surface area contributed by atoms with Crippen molar-refractivity contribution in [2.45, 2.75) is 45.4 Å². The Hall–Kier alpha value is -1.25. The first-order valence-electron chi connectivity index (χ1n) is 8.00. The van der Waals surface area contributed by atoms with Crippen LogP contribution in [0.2, 0.25) is 5.15 Å². The highest BCUT2D eigenvalue weighted by atomic mass is 35.5. The second-order valence-electron chi connectivity index (χ2n) is 6.86. The second-order valence-corrected chi connectivity index (χ2v) is 8.61. The number of halogens is 1. The summed E-state index contributed by atoms with van der Waals surface area (Å²) >= 11 is 13.1. The average molecular weight is 385 g/mol. The first-order chi connectivity index (χ1) is 11.4. The molecule has 0 aliphatic carbocycles. The quantitative estimate of drug-likeness (QED) is 0.635. The molecule has 0 unspecified atom stereocenters. The van der Waals surface area contributed by atoms with Crippen LogP contribution >= 0.6 is 35.2 Å². The summed E-state index contributed by atoms with van der Waals surface area (Å²) in [4.78, 5) is 7.61. The summed E-state index contributed by atoms with van der Waals surface area (Å²) in [6, 6.07) is 0. The van der Waals surface area contributed by atoms with E-state index in [2.05, 4.69) is 46.0 Å². The number of nitrogens with zero attached hydrogens (tertiary/aromatic N) is 5. The van der Waals surface area contributed by atoms with Gasteiger partial charge in [0.1, 0.15) is 0 Å². The number of rotatable bonds is 3. The maximum Gasteiger partial charge on any atom is 0.216 e. The molecule has 2 aromatic rings. The van der Waals surface area contributed by atoms with Crippen LogP contribution < -0.4 is 4.90 Å². The van der Waals surface area contributed by atoms with Crippen LogP contribution in [0.25, 0.3) is 0 Å². The van der Waals surface area contributed by atoms with E-state index in [1.807, 2.05) is 0 Å². The largest absolute Gasteiger partial charge is 0.348 e. The highest BCUT2D eigenvalue weighted by Gasteiger charge is 2.22. The monoisotopic (exact) mass is 384 g/mol. The van der Waals surface area contributed by atoms with Gasteiger partial charge in [-0.2, -0.15) is 14.9 Å². The third kappa shape index (κ3) is 3.70. The van der Waals surface area contributed by atoms with Gasteiger partial charge in [0, 0.05) is 18.5 Å². The number of aromatic amines is 1. The minimum Gasteiger partial charge on any atom is -0.348 e. The lowest BCUT2D eigenvalue weighted by molar-refractivity contribution is 0.516. The van der Waals surface area contributed by atoms with Gasteiger partial charge in [-0.05, 0) is 31.5 Å². The number of hydrogen-bond donors (Lipinski definition) is 1. The van der Waals surface area contributed by atoms with Gasteiger partial charge in [0.05, 0.1) is 11.1 Å². The molecule has 0 spiro atoms. The predicted molar refractivity (Wildman–Crippen MR) is 102 cm³/mol. The van der Waals surface area contributed by atoms with Gasteiger partial charge in [-0.15, -0.1) is 0 Å². The van der Waals surface area contributed by atoms with Crippen molar-refractivity contribution in [1.82, 2.24) is 19.9 Å². The number of hydrogen-bond acceptors (Lipinski definition) is 6. The zero-order valence-corrected chi connectivity index (χ0v) is 16.4. The molecule has 24 heavy (non-hydrogen) atoms. The van der Waals surface area contributed by atoms with E-state index in [0.717, 1.165) is 28.9 Å². The van der Waals surface area contributed by atoms with E-state index in [4.69, 9.17) is 23.8 Å². The average Bonchev–Trinajstić information content (AvgIpc) is 3.09. The molecule has 3 rings (SSSR count). The van der Waals surface area contributed by atoms with Crippen LogP contribution in [0.3, 0.4) is 0 Å². The van der Waals surface area contributed by atoms with Gasteiger partial charge >= 0.3 is 0 Å². The first kappa shape index (κ1) is 17.6. The van der Waals surface area contributed by atoms with Crippen LogP contribution in [-0.4, -0.2) is 39.2 Å². The van der Waals surface area contributed by atoms with Crippen molar-refractivity contribution in [2.24, 2.45) is 5.10 Å². The van der Waals surface area contributed by atoms with E-state index in [1.165, 1.54) is 19.3 Å². The number of aromatic nitrogens is 4. The summed E-state index contributed by atoms with van der Waals surface area (Å²) in [5.74, 6) is 0.778. The summed E-state index contributed by atoms with van der Waals surface area (Å²) in [7, 11) is 0. The van der Waals surface area contributed by atoms with Crippen molar-refractivity contribution in [3.63, 3.8) is 0 Å². The Bertz CT molecular complexity index is 792. The van der Waals surface area contributed by atoms with Gasteiger partial charge < -0.3 is 4.90 Å². The second kappa shape index (κ2) is 6.93. The smallest absolute Gasteiger partial charge is 0.216 e. The molecular weight excluding hydrogens is 364 g/mol. The molecule has 0 bridgehead atoms. The van der Waals surface area contributed by atoms with E-state index in [0.29, 0.717) is 9.92 Å². The normalized spacial score (nSPS) is 16.2. The predicted octanol–water partition coefficient (Wildman–Crippen LogP) is 4.22. The van der Waals surface area contributed by atoms with Crippen LogP contribution in [0, 0.1) is 4.77 Å². The van der Waals surface area contributed by atoms with Crippen LogP contribution in [0.5, 0.6) is 0 Å². The molecule has 130 valence electrons. The summed E-state index contributed by atoms with van der Waals surface area (Å²) < 4.78 is 2.11. The molecule has 3 heterocycles. The van der Waals surface area contributed by atoms with Gasteiger partial charge in [0.25, 0.3) is 0 Å². The maximum absolute atomic E-state index is 6.30. The Labute approximate surface area is 155 Å². The zero-order valence-electron chi connectivity index (χ0n) is 14.0. The molecule has 0 radical (unpaired) electrons. The molecule has 0 atom stereocenters. The highest BCUT2D eigenvalue weighted by Crippen LogP contribution is 2.30. The van der Waals surface area contributed by atoms with E-state index in [9.17, 15) is 0 Å². The van der Waals surface area contributed by atoms with Gasteiger partial charge in [-0.1, -0.05) is 43.7 Å². The van der Waals surface area contributed by atoms with Crippen molar-refractivity contribution in [3.05, 3.63) is 20.6 Å². The number of H-pyrrole nitrogens is 1. The SMILES string of the molecule is CC(C)(C)c1n[nH]c(=S)n1/N=C\c1sc(N2CCCCC2)nc1Cl. The molecule has 1 fully saturated rings. The zero-order chi connectivity index (χ0) is 17.3. The van der Waals surface area contributed by atoms with E-state index < -0.39 is 0 Å². The molecule has 0 saturated carbocycles. The van der Waals surface area contributed by atoms with Gasteiger partial charge in [-0.25, -0.2) is 4.98 Å². The first-order valence-corrected chi connectivity index (χ1v) is 9.60.